The molecule has 0 aromatic carbocycles. The van der Waals surface area contributed by atoms with Crippen molar-refractivity contribution in [2.45, 2.75) is 28.2 Å². The molecule has 6 heteroatoms. The van der Waals surface area contributed by atoms with E-state index >= 15 is 0 Å². The Labute approximate surface area is 91.4 Å². The molecule has 13 heavy (non-hydrogen) atoms. The van der Waals surface area contributed by atoms with Crippen molar-refractivity contribution >= 4 is 35.3 Å². The van der Waals surface area contributed by atoms with Gasteiger partial charge in [-0.2, -0.15) is 0 Å². The van der Waals surface area contributed by atoms with E-state index in [1.165, 1.54) is 0 Å². The molecule has 0 aliphatic rings. The van der Waals surface area contributed by atoms with Crippen LogP contribution in [0.5, 0.6) is 0 Å². The molecule has 0 fully saturated rings. The molecule has 4 nitrogen and oxygen atoms in total. The zero-order valence-corrected chi connectivity index (χ0v) is 7.95. The van der Waals surface area contributed by atoms with E-state index in [-0.39, 0.29) is 20.0 Å². The summed E-state index contributed by atoms with van der Waals surface area (Å²) in [5.41, 5.74) is 9.32. The van der Waals surface area contributed by atoms with Crippen LogP contribution in [0.15, 0.2) is 0 Å². The normalized spacial score (nSPS) is 6.31. The molecule has 0 saturated heterocycles. The maximum absolute atomic E-state index is 9.09. The quantitative estimate of drug-likeness (QED) is 0.498. The third-order valence-electron chi connectivity index (χ3n) is 0.448. The van der Waals surface area contributed by atoms with E-state index in [1.807, 2.05) is 6.92 Å². The van der Waals surface area contributed by atoms with Crippen LogP contribution in [-0.2, 0) is 4.74 Å². The van der Waals surface area contributed by atoms with Crippen LogP contribution in [0.3, 0.4) is 0 Å². The van der Waals surface area contributed by atoms with Gasteiger partial charge in [0.15, 0.2) is 0 Å². The maximum atomic E-state index is 9.09. The second-order valence-corrected chi connectivity index (χ2v) is 2.35. The Morgan fingerprint density at radius 3 is 1.85 bits per heavy atom. The molecule has 0 aromatic heterocycles. The molecule has 0 saturated carbocycles. The van der Waals surface area contributed by atoms with Crippen molar-refractivity contribution in [2.24, 2.45) is 11.5 Å². The second kappa shape index (κ2) is 17.6. The van der Waals surface area contributed by atoms with E-state index in [0.717, 1.165) is 6.42 Å². The molecule has 0 atom stereocenters. The Morgan fingerprint density at radius 1 is 1.46 bits per heavy atom. The van der Waals surface area contributed by atoms with Gasteiger partial charge in [-0.15, -0.1) is 0 Å². The van der Waals surface area contributed by atoms with Gasteiger partial charge in [-0.1, -0.05) is 34.4 Å². The summed E-state index contributed by atoms with van der Waals surface area (Å²) in [7, 11) is 0. The lowest BCUT2D eigenvalue weighted by molar-refractivity contribution is 0.267. The van der Waals surface area contributed by atoms with E-state index in [0.29, 0.717) is 6.61 Å². The van der Waals surface area contributed by atoms with Crippen molar-refractivity contribution in [1.29, 1.82) is 0 Å². The summed E-state index contributed by atoms with van der Waals surface area (Å²) in [5, 5.41) is -0.498. The molecule has 0 heterocycles. The lowest BCUT2D eigenvalue weighted by atomic mass is 10.5. The summed E-state index contributed by atoms with van der Waals surface area (Å²) in [4.78, 5) is 9.09. The first-order valence-electron chi connectivity index (χ1n) is 2.91. The van der Waals surface area contributed by atoms with Crippen molar-refractivity contribution in [3.8, 4) is 0 Å². The van der Waals surface area contributed by atoms with E-state index in [9.17, 15) is 0 Å². The highest BCUT2D eigenvalue weighted by Gasteiger charge is 1.81. The lowest BCUT2D eigenvalue weighted by Crippen LogP contribution is -2.12. The fraction of sp³-hybridized carbons (Fsp3) is 0.714. The summed E-state index contributed by atoms with van der Waals surface area (Å²) in [6.45, 7) is 2.63. The third kappa shape index (κ3) is 84.5. The SMILES string of the molecule is C.C.CCCOC(N)=S.NC(=O)S. The second-order valence-electron chi connectivity index (χ2n) is 1.51. The first-order chi connectivity index (χ1) is 5.00. The van der Waals surface area contributed by atoms with E-state index in [2.05, 4.69) is 30.6 Å². The average Bonchev–Trinajstić information content (AvgIpc) is 1.82. The topological polar surface area (TPSA) is 78.3 Å². The molecule has 0 aliphatic carbocycles. The largest absolute Gasteiger partial charge is 0.471 e. The maximum Gasteiger partial charge on any atom is 0.273 e. The molecule has 0 unspecified atom stereocenters. The fourth-order valence-corrected chi connectivity index (χ4v) is 0.286. The minimum Gasteiger partial charge on any atom is -0.471 e. The summed E-state index contributed by atoms with van der Waals surface area (Å²) in [5.74, 6) is 0. The summed E-state index contributed by atoms with van der Waals surface area (Å²) in [6, 6.07) is 0. The lowest BCUT2D eigenvalue weighted by Gasteiger charge is -1.96. The Morgan fingerprint density at radius 2 is 1.77 bits per heavy atom. The van der Waals surface area contributed by atoms with Gasteiger partial charge in [0.2, 0.25) is 0 Å². The van der Waals surface area contributed by atoms with Gasteiger partial charge in [-0.25, -0.2) is 0 Å². The van der Waals surface area contributed by atoms with Crippen molar-refractivity contribution in [3.63, 3.8) is 0 Å². The van der Waals surface area contributed by atoms with Crippen LogP contribution in [-0.4, -0.2) is 17.0 Å². The minimum atomic E-state index is -0.639. The number of carbonyl (C=O) groups excluding carboxylic acids is 1. The number of thiol groups is 1. The van der Waals surface area contributed by atoms with Gasteiger partial charge in [0.05, 0.1) is 6.61 Å². The number of thiocarbonyl (C=S) groups is 1. The first kappa shape index (κ1) is 22.9. The van der Waals surface area contributed by atoms with Crippen LogP contribution in [0.1, 0.15) is 28.2 Å². The molecule has 4 N–H and O–H groups in total. The number of ether oxygens (including phenoxy) is 1. The summed E-state index contributed by atoms with van der Waals surface area (Å²) in [6.07, 6.45) is 0.956. The molecule has 1 amide bonds. The molecule has 0 bridgehead atoms. The van der Waals surface area contributed by atoms with Gasteiger partial charge in [-0.3, -0.25) is 4.79 Å². The van der Waals surface area contributed by atoms with Crippen LogP contribution in [0.4, 0.5) is 4.79 Å². The number of primary amides is 1. The Balaban J connectivity index is -0.0000000600. The highest BCUT2D eigenvalue weighted by Crippen LogP contribution is 1.77. The predicted molar refractivity (Wildman–Crippen MR) is 65.1 cm³/mol. The summed E-state index contributed by atoms with van der Waals surface area (Å²) >= 11 is 7.52. The van der Waals surface area contributed by atoms with Gasteiger partial charge in [0.25, 0.3) is 10.4 Å². The van der Waals surface area contributed by atoms with Gasteiger partial charge in [-0.05, 0) is 18.6 Å². The Kier molecular flexibility index (Phi) is 30.9. The average molecular weight is 228 g/mol. The Hall–Kier alpha value is -0.490. The van der Waals surface area contributed by atoms with E-state index < -0.39 is 5.24 Å². The number of nitrogens with two attached hydrogens (primary N) is 2. The minimum absolute atomic E-state index is 0. The van der Waals surface area contributed by atoms with E-state index in [4.69, 9.17) is 15.3 Å². The number of hydrogen-bond acceptors (Lipinski definition) is 3. The molecule has 0 aliphatic heterocycles. The zero-order valence-electron chi connectivity index (χ0n) is 6.24. The summed E-state index contributed by atoms with van der Waals surface area (Å²) < 4.78 is 4.70. The van der Waals surface area contributed by atoms with Crippen LogP contribution in [0.2, 0.25) is 0 Å². The number of amides is 1. The molecule has 0 radical (unpaired) electrons. The van der Waals surface area contributed by atoms with Crippen LogP contribution >= 0.6 is 24.8 Å². The number of carbonyl (C=O) groups is 1. The fourth-order valence-electron chi connectivity index (χ4n) is 0.203. The highest BCUT2D eigenvalue weighted by molar-refractivity contribution is 7.96. The number of hydrogen-bond donors (Lipinski definition) is 3. The van der Waals surface area contributed by atoms with Gasteiger partial charge in [0, 0.05) is 0 Å². The Bertz CT molecular complexity index is 128. The molecule has 0 aromatic rings. The molecule has 0 spiro atoms. The van der Waals surface area contributed by atoms with Gasteiger partial charge < -0.3 is 16.2 Å². The smallest absolute Gasteiger partial charge is 0.273 e. The van der Waals surface area contributed by atoms with Crippen molar-refractivity contribution in [3.05, 3.63) is 0 Å². The molecular weight excluding hydrogens is 208 g/mol. The first-order valence-corrected chi connectivity index (χ1v) is 3.76. The molecule has 82 valence electrons. The van der Waals surface area contributed by atoms with Gasteiger partial charge >= 0.3 is 0 Å². The molecule has 0 rings (SSSR count). The van der Waals surface area contributed by atoms with Gasteiger partial charge in [0.1, 0.15) is 0 Å². The monoisotopic (exact) mass is 228 g/mol. The predicted octanol–water partition coefficient (Wildman–Crippen LogP) is 1.92. The standard InChI is InChI=1S/C4H9NOS.CH3NOS.2CH4/c1-2-3-6-4(5)7;2-1(3)4;;/h2-3H2,1H3,(H2,5,7);(H3,2,3,4);2*1H4. The van der Waals surface area contributed by atoms with Crippen LogP contribution in [0, 0.1) is 0 Å². The zero-order chi connectivity index (χ0) is 9.28. The van der Waals surface area contributed by atoms with Crippen molar-refractivity contribution in [2.75, 3.05) is 6.61 Å². The van der Waals surface area contributed by atoms with E-state index in [1.54, 1.807) is 0 Å². The van der Waals surface area contributed by atoms with Crippen LogP contribution < -0.4 is 11.5 Å². The number of rotatable bonds is 2. The van der Waals surface area contributed by atoms with Crippen molar-refractivity contribution in [1.82, 2.24) is 0 Å². The molecular formula is C7H20N2O2S2. The van der Waals surface area contributed by atoms with Crippen LogP contribution in [0.25, 0.3) is 0 Å². The third-order valence-corrected chi connectivity index (χ3v) is 0.566. The van der Waals surface area contributed by atoms with Crippen molar-refractivity contribution < 1.29 is 9.53 Å². The highest BCUT2D eigenvalue weighted by atomic mass is 32.1.